The molecule has 0 spiro atoms. The number of anilines is 1. The minimum atomic E-state index is -0.249. The highest BCUT2D eigenvalue weighted by molar-refractivity contribution is 8.00. The molecule has 0 radical (unpaired) electrons. The number of carbonyl (C=O) groups is 1. The number of thioether (sulfide) groups is 1. The van der Waals surface area contributed by atoms with Gasteiger partial charge < -0.3 is 4.90 Å². The van der Waals surface area contributed by atoms with Crippen LogP contribution in [0.2, 0.25) is 0 Å². The van der Waals surface area contributed by atoms with Gasteiger partial charge in [-0.1, -0.05) is 60.3 Å². The van der Waals surface area contributed by atoms with Crippen LogP contribution in [0.25, 0.3) is 11.4 Å². The molecule has 1 amide bonds. The van der Waals surface area contributed by atoms with Crippen molar-refractivity contribution in [3.63, 3.8) is 0 Å². The van der Waals surface area contributed by atoms with Crippen LogP contribution in [0.15, 0.2) is 59.8 Å². The Kier molecular flexibility index (Phi) is 4.75. The van der Waals surface area contributed by atoms with E-state index >= 15 is 0 Å². The number of aromatic nitrogens is 3. The highest BCUT2D eigenvalue weighted by atomic mass is 32.2. The van der Waals surface area contributed by atoms with E-state index in [-0.39, 0.29) is 11.2 Å². The standard InChI is InChI=1S/C20H20N4OS/c1-14(19(25)24-13-7-11-15-8-5-6-12-17(15)24)26-20-21-18(22-23-20)16-9-3-2-4-10-16/h2-6,8-10,12,14H,7,11,13H2,1H3,(H,21,22,23). The Morgan fingerprint density at radius 2 is 1.92 bits per heavy atom. The summed E-state index contributed by atoms with van der Waals surface area (Å²) in [5.74, 6) is 0.823. The normalized spacial score (nSPS) is 14.7. The van der Waals surface area contributed by atoms with Gasteiger partial charge in [0.05, 0.1) is 5.25 Å². The van der Waals surface area contributed by atoms with Crippen LogP contribution in [0.4, 0.5) is 5.69 Å². The number of nitrogens with zero attached hydrogens (tertiary/aromatic N) is 3. The number of benzene rings is 2. The zero-order chi connectivity index (χ0) is 17.9. The van der Waals surface area contributed by atoms with Crippen LogP contribution >= 0.6 is 11.8 Å². The zero-order valence-corrected chi connectivity index (χ0v) is 15.4. The first-order valence-electron chi connectivity index (χ1n) is 8.76. The average Bonchev–Trinajstić information content (AvgIpc) is 3.16. The van der Waals surface area contributed by atoms with Crippen molar-refractivity contribution in [3.8, 4) is 11.4 Å². The Balaban J connectivity index is 1.48. The zero-order valence-electron chi connectivity index (χ0n) is 14.6. The first-order chi connectivity index (χ1) is 12.7. The van der Waals surface area contributed by atoms with E-state index in [1.807, 2.05) is 60.4 Å². The third kappa shape index (κ3) is 3.37. The van der Waals surface area contributed by atoms with Crippen molar-refractivity contribution in [2.45, 2.75) is 30.2 Å². The minimum Gasteiger partial charge on any atom is -0.311 e. The number of nitrogens with one attached hydrogen (secondary N) is 1. The van der Waals surface area contributed by atoms with Crippen LogP contribution in [0.5, 0.6) is 0 Å². The van der Waals surface area contributed by atoms with Crippen LogP contribution < -0.4 is 4.90 Å². The number of rotatable bonds is 4. The predicted molar refractivity (Wildman–Crippen MR) is 104 cm³/mol. The molecule has 1 aromatic heterocycles. The molecule has 0 fully saturated rings. The van der Waals surface area contributed by atoms with Crippen LogP contribution in [-0.2, 0) is 11.2 Å². The number of hydrogen-bond acceptors (Lipinski definition) is 4. The number of para-hydroxylation sites is 1. The second kappa shape index (κ2) is 7.33. The Labute approximate surface area is 156 Å². The van der Waals surface area contributed by atoms with Crippen molar-refractivity contribution in [2.24, 2.45) is 0 Å². The third-order valence-electron chi connectivity index (χ3n) is 4.52. The van der Waals surface area contributed by atoms with Gasteiger partial charge in [-0.25, -0.2) is 4.98 Å². The van der Waals surface area contributed by atoms with Gasteiger partial charge in [0.2, 0.25) is 11.1 Å². The maximum atomic E-state index is 13.0. The molecule has 1 unspecified atom stereocenters. The van der Waals surface area contributed by atoms with Crippen molar-refractivity contribution in [1.82, 2.24) is 15.2 Å². The summed E-state index contributed by atoms with van der Waals surface area (Å²) in [4.78, 5) is 19.4. The molecule has 26 heavy (non-hydrogen) atoms. The first-order valence-corrected chi connectivity index (χ1v) is 9.64. The molecule has 0 saturated carbocycles. The summed E-state index contributed by atoms with van der Waals surface area (Å²) >= 11 is 1.39. The molecule has 2 aromatic carbocycles. The van der Waals surface area contributed by atoms with Gasteiger partial charge in [-0.2, -0.15) is 0 Å². The molecule has 3 aromatic rings. The molecule has 2 heterocycles. The van der Waals surface area contributed by atoms with E-state index in [4.69, 9.17) is 0 Å². The van der Waals surface area contributed by atoms with Crippen molar-refractivity contribution in [2.75, 3.05) is 11.4 Å². The van der Waals surface area contributed by atoms with Gasteiger partial charge in [-0.3, -0.25) is 9.89 Å². The second-order valence-corrected chi connectivity index (χ2v) is 7.62. The maximum absolute atomic E-state index is 13.0. The largest absolute Gasteiger partial charge is 0.311 e. The Morgan fingerprint density at radius 3 is 2.77 bits per heavy atom. The lowest BCUT2D eigenvalue weighted by molar-refractivity contribution is -0.117. The fourth-order valence-corrected chi connectivity index (χ4v) is 4.00. The fourth-order valence-electron chi connectivity index (χ4n) is 3.21. The topological polar surface area (TPSA) is 61.9 Å². The molecule has 1 aliphatic rings. The lowest BCUT2D eigenvalue weighted by atomic mass is 10.0. The van der Waals surface area contributed by atoms with E-state index in [9.17, 15) is 4.79 Å². The predicted octanol–water partition coefficient (Wildman–Crippen LogP) is 3.93. The molecule has 0 saturated heterocycles. The summed E-state index contributed by atoms with van der Waals surface area (Å²) in [5.41, 5.74) is 3.26. The second-order valence-electron chi connectivity index (χ2n) is 6.31. The van der Waals surface area contributed by atoms with Crippen LogP contribution in [0, 0.1) is 0 Å². The summed E-state index contributed by atoms with van der Waals surface area (Å²) in [5, 5.41) is 7.56. The lowest BCUT2D eigenvalue weighted by Crippen LogP contribution is -2.40. The number of fused-ring (bicyclic) bond motifs is 1. The van der Waals surface area contributed by atoms with Crippen LogP contribution in [0.1, 0.15) is 18.9 Å². The first kappa shape index (κ1) is 16.8. The van der Waals surface area contributed by atoms with E-state index in [1.54, 1.807) is 0 Å². The molecular weight excluding hydrogens is 344 g/mol. The van der Waals surface area contributed by atoms with Gasteiger partial charge in [0, 0.05) is 17.8 Å². The summed E-state index contributed by atoms with van der Waals surface area (Å²) in [6.45, 7) is 2.69. The smallest absolute Gasteiger partial charge is 0.240 e. The Hall–Kier alpha value is -2.60. The van der Waals surface area contributed by atoms with Gasteiger partial charge in [0.1, 0.15) is 0 Å². The van der Waals surface area contributed by atoms with E-state index < -0.39 is 0 Å². The summed E-state index contributed by atoms with van der Waals surface area (Å²) in [6, 6.07) is 18.0. The fraction of sp³-hybridized carbons (Fsp3) is 0.250. The number of amides is 1. The molecule has 6 heteroatoms. The van der Waals surface area contributed by atoms with E-state index in [1.165, 1.54) is 17.3 Å². The molecule has 0 aliphatic carbocycles. The number of aromatic amines is 1. The quantitative estimate of drug-likeness (QED) is 0.713. The summed E-state index contributed by atoms with van der Waals surface area (Å²) < 4.78 is 0. The Morgan fingerprint density at radius 1 is 1.15 bits per heavy atom. The molecular formula is C20H20N4OS. The van der Waals surface area contributed by atoms with E-state index in [0.717, 1.165) is 36.5 Å². The van der Waals surface area contributed by atoms with Gasteiger partial charge in [0.15, 0.2) is 5.82 Å². The summed E-state index contributed by atoms with van der Waals surface area (Å²) in [7, 11) is 0. The third-order valence-corrected chi connectivity index (χ3v) is 5.47. The molecule has 4 rings (SSSR count). The van der Waals surface area contributed by atoms with Gasteiger partial charge in [0.25, 0.3) is 0 Å². The van der Waals surface area contributed by atoms with Crippen molar-refractivity contribution in [3.05, 3.63) is 60.2 Å². The van der Waals surface area contributed by atoms with E-state index in [0.29, 0.717) is 5.16 Å². The van der Waals surface area contributed by atoms with E-state index in [2.05, 4.69) is 21.2 Å². The molecule has 1 N–H and O–H groups in total. The number of hydrogen-bond donors (Lipinski definition) is 1. The maximum Gasteiger partial charge on any atom is 0.240 e. The number of H-pyrrole nitrogens is 1. The number of aryl methyl sites for hydroxylation is 1. The lowest BCUT2D eigenvalue weighted by Gasteiger charge is -2.31. The highest BCUT2D eigenvalue weighted by Crippen LogP contribution is 2.30. The van der Waals surface area contributed by atoms with Crippen molar-refractivity contribution >= 4 is 23.4 Å². The molecule has 1 atom stereocenters. The van der Waals surface area contributed by atoms with Crippen molar-refractivity contribution < 1.29 is 4.79 Å². The SMILES string of the molecule is CC(Sc1n[nH]c(-c2ccccc2)n1)C(=O)N1CCCc2ccccc21. The van der Waals surface area contributed by atoms with Gasteiger partial charge in [-0.05, 0) is 31.4 Å². The number of carbonyl (C=O) groups excluding carboxylic acids is 1. The highest BCUT2D eigenvalue weighted by Gasteiger charge is 2.27. The molecule has 0 bridgehead atoms. The van der Waals surface area contributed by atoms with Crippen LogP contribution in [0.3, 0.4) is 0 Å². The Bertz CT molecular complexity index is 909. The minimum absolute atomic E-state index is 0.105. The van der Waals surface area contributed by atoms with Crippen LogP contribution in [-0.4, -0.2) is 32.9 Å². The molecule has 5 nitrogen and oxygen atoms in total. The average molecular weight is 364 g/mol. The van der Waals surface area contributed by atoms with Gasteiger partial charge in [-0.15, -0.1) is 5.10 Å². The molecule has 132 valence electrons. The van der Waals surface area contributed by atoms with Crippen molar-refractivity contribution in [1.29, 1.82) is 0 Å². The monoisotopic (exact) mass is 364 g/mol. The summed E-state index contributed by atoms with van der Waals surface area (Å²) in [6.07, 6.45) is 2.03. The molecule has 1 aliphatic heterocycles. The van der Waals surface area contributed by atoms with Gasteiger partial charge >= 0.3 is 0 Å².